The Labute approximate surface area is 196 Å². The second-order valence-electron chi connectivity index (χ2n) is 6.17. The minimum atomic E-state index is -1.67. The molecule has 0 atom stereocenters. The number of hydrogen-bond acceptors (Lipinski definition) is 5. The van der Waals surface area contributed by atoms with Crippen molar-refractivity contribution in [3.8, 4) is 0 Å². The standard InChI is InChI=1S/2C11H8N2O.Cl2OS/c2*1-12-10-5-9-4-8(7-14)2-3-11(9)13-6-10;1-4(2)3/h2*2-6,14H,7H2;. The number of aromatic nitrogens is 2. The summed E-state index contributed by atoms with van der Waals surface area (Å²) in [6, 6.07) is 14.6. The van der Waals surface area contributed by atoms with E-state index in [2.05, 4.69) is 41.0 Å². The zero-order valence-corrected chi connectivity index (χ0v) is 18.8. The predicted molar refractivity (Wildman–Crippen MR) is 128 cm³/mol. The molecule has 4 rings (SSSR count). The molecule has 0 fully saturated rings. The summed E-state index contributed by atoms with van der Waals surface area (Å²) < 4.78 is 9.09. The zero-order valence-electron chi connectivity index (χ0n) is 16.4. The topological polar surface area (TPSA) is 92.0 Å². The molecule has 0 aliphatic heterocycles. The highest BCUT2D eigenvalue weighted by atomic mass is 36.0. The Bertz CT molecular complexity index is 1240. The summed E-state index contributed by atoms with van der Waals surface area (Å²) in [5.74, 6) is 0. The summed E-state index contributed by atoms with van der Waals surface area (Å²) in [6.45, 7) is 13.7. The van der Waals surface area contributed by atoms with Gasteiger partial charge in [0.25, 0.3) is 0 Å². The van der Waals surface area contributed by atoms with E-state index in [-0.39, 0.29) is 13.2 Å². The van der Waals surface area contributed by atoms with Crippen molar-refractivity contribution in [3.63, 3.8) is 0 Å². The fourth-order valence-corrected chi connectivity index (χ4v) is 2.66. The first kappa shape index (κ1) is 25.2. The summed E-state index contributed by atoms with van der Waals surface area (Å²) in [5, 5.41) is 19.7. The third-order valence-corrected chi connectivity index (χ3v) is 4.09. The summed E-state index contributed by atoms with van der Waals surface area (Å²) in [4.78, 5) is 14.9. The minimum absolute atomic E-state index is 0.0121. The molecule has 2 aromatic carbocycles. The van der Waals surface area contributed by atoms with Crippen molar-refractivity contribution in [3.05, 3.63) is 94.9 Å². The Hall–Kier alpha value is -3.11. The number of nitrogens with zero attached hydrogens (tertiary/aromatic N) is 4. The van der Waals surface area contributed by atoms with Gasteiger partial charge >= 0.3 is 0 Å². The van der Waals surface area contributed by atoms with E-state index in [0.717, 1.165) is 32.9 Å². The molecule has 2 heterocycles. The number of aliphatic hydroxyl groups excluding tert-OH is 2. The van der Waals surface area contributed by atoms with Gasteiger partial charge in [-0.15, -0.1) is 0 Å². The number of rotatable bonds is 2. The van der Waals surface area contributed by atoms with Gasteiger partial charge in [0.1, 0.15) is 0 Å². The van der Waals surface area contributed by atoms with Crippen molar-refractivity contribution in [1.82, 2.24) is 9.97 Å². The van der Waals surface area contributed by atoms with E-state index < -0.39 is 9.23 Å². The Kier molecular flexibility index (Phi) is 9.96. The lowest BCUT2D eigenvalue weighted by molar-refractivity contribution is 0.282. The maximum absolute atomic E-state index is 9.09. The summed E-state index contributed by atoms with van der Waals surface area (Å²) >= 11 is 0. The van der Waals surface area contributed by atoms with Crippen LogP contribution in [0.15, 0.2) is 60.9 Å². The molecule has 0 spiro atoms. The van der Waals surface area contributed by atoms with Crippen molar-refractivity contribution < 1.29 is 14.4 Å². The van der Waals surface area contributed by atoms with E-state index in [1.54, 1.807) is 24.5 Å². The van der Waals surface area contributed by atoms with Crippen molar-refractivity contribution in [2.75, 3.05) is 0 Å². The number of halogens is 2. The quantitative estimate of drug-likeness (QED) is 0.284. The Morgan fingerprint density at radius 2 is 1.16 bits per heavy atom. The van der Waals surface area contributed by atoms with Gasteiger partial charge < -0.3 is 10.2 Å². The van der Waals surface area contributed by atoms with Gasteiger partial charge in [0, 0.05) is 33.8 Å². The molecular formula is C22H16Cl2N4O3S. The number of pyridine rings is 2. The molecule has 0 amide bonds. The van der Waals surface area contributed by atoms with Gasteiger partial charge in [0.05, 0.1) is 37.4 Å². The second kappa shape index (κ2) is 12.7. The van der Waals surface area contributed by atoms with Crippen LogP contribution >= 0.6 is 21.4 Å². The molecule has 4 aromatic rings. The molecule has 162 valence electrons. The molecular weight excluding hydrogens is 471 g/mol. The van der Waals surface area contributed by atoms with Gasteiger partial charge in [-0.1, -0.05) is 12.1 Å². The number of benzene rings is 2. The third-order valence-electron chi connectivity index (χ3n) is 4.09. The second-order valence-corrected chi connectivity index (χ2v) is 8.69. The van der Waals surface area contributed by atoms with Crippen molar-refractivity contribution >= 4 is 63.8 Å². The SMILES string of the molecule is O=S(Cl)Cl.[C-]#[N+]c1cnc2ccc(CO)cc2c1.[C-]#[N+]c1cnc2ccc(CO)cc2c1. The maximum Gasteiger partial charge on any atom is 0.211 e. The highest BCUT2D eigenvalue weighted by molar-refractivity contribution is 8.26. The van der Waals surface area contributed by atoms with Crippen molar-refractivity contribution in [1.29, 1.82) is 0 Å². The van der Waals surface area contributed by atoms with Crippen LogP contribution in [0.25, 0.3) is 31.5 Å². The zero-order chi connectivity index (χ0) is 23.5. The van der Waals surface area contributed by atoms with Gasteiger partial charge in [-0.3, -0.25) is 9.97 Å². The molecule has 0 saturated heterocycles. The average Bonchev–Trinajstić information content (AvgIpc) is 2.82. The largest absolute Gasteiger partial charge is 0.392 e. The molecule has 10 heteroatoms. The lowest BCUT2D eigenvalue weighted by Gasteiger charge is -2.00. The Morgan fingerprint density at radius 3 is 1.47 bits per heavy atom. The Balaban J connectivity index is 0.000000195. The van der Waals surface area contributed by atoms with Crippen LogP contribution in [0.3, 0.4) is 0 Å². The van der Waals surface area contributed by atoms with Crippen LogP contribution in [0.5, 0.6) is 0 Å². The molecule has 2 N–H and O–H groups in total. The van der Waals surface area contributed by atoms with E-state index in [9.17, 15) is 0 Å². The van der Waals surface area contributed by atoms with Gasteiger partial charge in [-0.25, -0.2) is 13.9 Å². The molecule has 0 radical (unpaired) electrons. The van der Waals surface area contributed by atoms with Gasteiger partial charge in [-0.2, -0.15) is 0 Å². The normalized spacial score (nSPS) is 9.84. The average molecular weight is 487 g/mol. The highest BCUT2D eigenvalue weighted by Gasteiger charge is 1.99. The third kappa shape index (κ3) is 7.54. The van der Waals surface area contributed by atoms with Crippen molar-refractivity contribution in [2.24, 2.45) is 0 Å². The van der Waals surface area contributed by atoms with Crippen LogP contribution in [0, 0.1) is 13.1 Å². The summed E-state index contributed by atoms with van der Waals surface area (Å²) in [6.07, 6.45) is 3.10. The van der Waals surface area contributed by atoms with Crippen molar-refractivity contribution in [2.45, 2.75) is 13.2 Å². The minimum Gasteiger partial charge on any atom is -0.392 e. The van der Waals surface area contributed by atoms with Gasteiger partial charge in [0.2, 0.25) is 20.6 Å². The van der Waals surface area contributed by atoms with Crippen LogP contribution in [0.1, 0.15) is 11.1 Å². The molecule has 0 aliphatic carbocycles. The smallest absolute Gasteiger partial charge is 0.211 e. The fraction of sp³-hybridized carbons (Fsp3) is 0.0909. The number of fused-ring (bicyclic) bond motifs is 2. The van der Waals surface area contributed by atoms with Gasteiger partial charge in [0.15, 0.2) is 0 Å². The van der Waals surface area contributed by atoms with E-state index in [0.29, 0.717) is 11.4 Å². The highest BCUT2D eigenvalue weighted by Crippen LogP contribution is 2.20. The van der Waals surface area contributed by atoms with Gasteiger partial charge in [-0.05, 0) is 58.3 Å². The van der Waals surface area contributed by atoms with Crippen LogP contribution in [0.2, 0.25) is 0 Å². The molecule has 0 saturated carbocycles. The van der Waals surface area contributed by atoms with Crippen LogP contribution in [-0.2, 0) is 22.4 Å². The molecule has 7 nitrogen and oxygen atoms in total. The van der Waals surface area contributed by atoms with E-state index in [1.165, 1.54) is 0 Å². The number of hydrogen-bond donors (Lipinski definition) is 2. The first-order valence-corrected chi connectivity index (χ1v) is 11.7. The maximum atomic E-state index is 9.09. The molecule has 0 bridgehead atoms. The van der Waals surface area contributed by atoms with E-state index in [4.69, 9.17) is 27.6 Å². The summed E-state index contributed by atoms with van der Waals surface area (Å²) in [7, 11) is 7.36. The van der Waals surface area contributed by atoms with E-state index >= 15 is 0 Å². The molecule has 2 aromatic heterocycles. The van der Waals surface area contributed by atoms with E-state index in [1.807, 2.05) is 36.4 Å². The molecule has 0 unspecified atom stereocenters. The predicted octanol–water partition coefficient (Wildman–Crippen LogP) is 5.60. The lowest BCUT2D eigenvalue weighted by Crippen LogP contribution is -1.84. The summed E-state index contributed by atoms with van der Waals surface area (Å²) in [5.41, 5.74) is 4.40. The van der Waals surface area contributed by atoms with Crippen LogP contribution in [0.4, 0.5) is 11.4 Å². The Morgan fingerprint density at radius 1 is 0.781 bits per heavy atom. The first-order chi connectivity index (χ1) is 15.4. The first-order valence-electron chi connectivity index (χ1n) is 8.88. The van der Waals surface area contributed by atoms with Crippen LogP contribution < -0.4 is 0 Å². The molecule has 32 heavy (non-hydrogen) atoms. The monoisotopic (exact) mass is 486 g/mol. The lowest BCUT2D eigenvalue weighted by atomic mass is 10.1. The number of aliphatic hydroxyl groups is 2. The fourth-order valence-electron chi connectivity index (χ4n) is 2.66. The van der Waals surface area contributed by atoms with Crippen LogP contribution in [-0.4, -0.2) is 24.4 Å². The molecule has 0 aliphatic rings.